The molecule has 1 aliphatic rings. The van der Waals surface area contributed by atoms with Crippen molar-refractivity contribution < 1.29 is 13.3 Å². The standard InChI is InChI=1S/C18H30N6O4S.HI/c1-13(2)23-11-14(3)17(12-23)22-18(19-4)20-8-9-21-29(27,28)16-7-5-6-15(10-16)24(25)26;/h5-7,10,13-14,17,21H,8-9,11-12H2,1-4H3,(H2,19,20,22);1H. The number of rotatable bonds is 8. The van der Waals surface area contributed by atoms with Gasteiger partial charge in [0.2, 0.25) is 10.0 Å². The molecule has 3 N–H and O–H groups in total. The molecule has 2 rings (SSSR count). The number of hydrogen-bond donors (Lipinski definition) is 3. The molecule has 1 saturated heterocycles. The summed E-state index contributed by atoms with van der Waals surface area (Å²) in [6.45, 7) is 8.94. The topological polar surface area (TPSA) is 129 Å². The van der Waals surface area contributed by atoms with Crippen LogP contribution in [0.15, 0.2) is 34.2 Å². The predicted octanol–water partition coefficient (Wildman–Crippen LogP) is 1.38. The van der Waals surface area contributed by atoms with Gasteiger partial charge in [-0.25, -0.2) is 13.1 Å². The van der Waals surface area contributed by atoms with Crippen LogP contribution in [-0.2, 0) is 10.0 Å². The second kappa shape index (κ2) is 11.8. The summed E-state index contributed by atoms with van der Waals surface area (Å²) in [4.78, 5) is 16.7. The number of nitro groups is 1. The van der Waals surface area contributed by atoms with E-state index >= 15 is 0 Å². The molecule has 1 aromatic carbocycles. The second-order valence-corrected chi connectivity index (χ2v) is 9.19. The molecule has 0 spiro atoms. The summed E-state index contributed by atoms with van der Waals surface area (Å²) >= 11 is 0. The van der Waals surface area contributed by atoms with Crippen LogP contribution in [0.3, 0.4) is 0 Å². The molecule has 0 amide bonds. The van der Waals surface area contributed by atoms with E-state index in [2.05, 4.69) is 46.0 Å². The zero-order valence-corrected chi connectivity index (χ0v) is 20.8. The van der Waals surface area contributed by atoms with Crippen molar-refractivity contribution in [2.24, 2.45) is 10.9 Å². The van der Waals surface area contributed by atoms with E-state index in [0.29, 0.717) is 24.5 Å². The van der Waals surface area contributed by atoms with Crippen LogP contribution in [0.25, 0.3) is 0 Å². The Labute approximate surface area is 195 Å². The van der Waals surface area contributed by atoms with E-state index < -0.39 is 14.9 Å². The average Bonchev–Trinajstić information content (AvgIpc) is 3.05. The fourth-order valence-electron chi connectivity index (χ4n) is 3.20. The molecule has 1 fully saturated rings. The maximum absolute atomic E-state index is 12.3. The summed E-state index contributed by atoms with van der Waals surface area (Å²) in [5.74, 6) is 1.09. The molecule has 2 atom stereocenters. The number of halogens is 1. The highest BCUT2D eigenvalue weighted by atomic mass is 127. The molecule has 0 aliphatic carbocycles. The lowest BCUT2D eigenvalue weighted by Crippen LogP contribution is -2.48. The second-order valence-electron chi connectivity index (χ2n) is 7.43. The molecule has 1 aromatic rings. The summed E-state index contributed by atoms with van der Waals surface area (Å²) in [5.41, 5.74) is -0.267. The van der Waals surface area contributed by atoms with Crippen molar-refractivity contribution in [3.8, 4) is 0 Å². The van der Waals surface area contributed by atoms with Crippen molar-refractivity contribution in [2.75, 3.05) is 33.2 Å². The van der Waals surface area contributed by atoms with E-state index in [4.69, 9.17) is 0 Å². The molecule has 30 heavy (non-hydrogen) atoms. The van der Waals surface area contributed by atoms with Crippen LogP contribution in [0.4, 0.5) is 5.69 Å². The Morgan fingerprint density at radius 2 is 2.03 bits per heavy atom. The van der Waals surface area contributed by atoms with Crippen molar-refractivity contribution in [2.45, 2.75) is 37.8 Å². The summed E-state index contributed by atoms with van der Waals surface area (Å²) in [6, 6.07) is 5.72. The van der Waals surface area contributed by atoms with Crippen molar-refractivity contribution in [1.82, 2.24) is 20.3 Å². The zero-order valence-electron chi connectivity index (χ0n) is 17.7. The van der Waals surface area contributed by atoms with Crippen LogP contribution < -0.4 is 15.4 Å². The minimum absolute atomic E-state index is 0. The number of nitrogens with zero attached hydrogens (tertiary/aromatic N) is 3. The molecular formula is C18H31IN6O4S. The molecule has 10 nitrogen and oxygen atoms in total. The largest absolute Gasteiger partial charge is 0.355 e. The van der Waals surface area contributed by atoms with Crippen molar-refractivity contribution in [3.63, 3.8) is 0 Å². The first-order valence-electron chi connectivity index (χ1n) is 9.59. The lowest BCUT2D eigenvalue weighted by Gasteiger charge is -2.22. The highest BCUT2D eigenvalue weighted by molar-refractivity contribution is 14.0. The highest BCUT2D eigenvalue weighted by Gasteiger charge is 2.31. The first kappa shape index (κ1) is 26.5. The lowest BCUT2D eigenvalue weighted by molar-refractivity contribution is -0.385. The minimum Gasteiger partial charge on any atom is -0.355 e. The van der Waals surface area contributed by atoms with Gasteiger partial charge in [-0.2, -0.15) is 0 Å². The number of aliphatic imine (C=N–C) groups is 1. The Hall–Kier alpha value is -1.51. The van der Waals surface area contributed by atoms with Crippen LogP contribution in [0, 0.1) is 16.0 Å². The monoisotopic (exact) mass is 554 g/mol. The molecule has 0 bridgehead atoms. The van der Waals surface area contributed by atoms with Gasteiger partial charge in [0, 0.05) is 57.4 Å². The van der Waals surface area contributed by atoms with Crippen LogP contribution in [0.5, 0.6) is 0 Å². The number of non-ortho nitro benzene ring substituents is 1. The molecule has 0 saturated carbocycles. The molecule has 170 valence electrons. The van der Waals surface area contributed by atoms with Gasteiger partial charge in [0.15, 0.2) is 5.96 Å². The SMILES string of the molecule is CN=C(NCCNS(=O)(=O)c1cccc([N+](=O)[O-])c1)NC1CN(C(C)C)CC1C.I. The van der Waals surface area contributed by atoms with E-state index in [1.165, 1.54) is 18.2 Å². The van der Waals surface area contributed by atoms with E-state index in [1.54, 1.807) is 7.05 Å². The maximum atomic E-state index is 12.3. The summed E-state index contributed by atoms with van der Waals surface area (Å²) in [6.07, 6.45) is 0. The number of likely N-dealkylation sites (tertiary alicyclic amines) is 1. The van der Waals surface area contributed by atoms with E-state index in [1.807, 2.05) is 0 Å². The number of guanidine groups is 1. The first-order valence-corrected chi connectivity index (χ1v) is 11.1. The van der Waals surface area contributed by atoms with Gasteiger partial charge in [-0.1, -0.05) is 13.0 Å². The highest BCUT2D eigenvalue weighted by Crippen LogP contribution is 2.19. The van der Waals surface area contributed by atoms with Crippen molar-refractivity contribution in [3.05, 3.63) is 34.4 Å². The summed E-state index contributed by atoms with van der Waals surface area (Å²) in [5, 5.41) is 17.3. The van der Waals surface area contributed by atoms with Crippen molar-refractivity contribution >= 4 is 45.6 Å². The smallest absolute Gasteiger partial charge is 0.270 e. The third kappa shape index (κ3) is 7.32. The lowest BCUT2D eigenvalue weighted by atomic mass is 10.1. The van der Waals surface area contributed by atoms with Crippen molar-refractivity contribution in [1.29, 1.82) is 0 Å². The quantitative estimate of drug-likeness (QED) is 0.111. The maximum Gasteiger partial charge on any atom is 0.270 e. The Kier molecular flexibility index (Phi) is 10.4. The minimum atomic E-state index is -3.83. The number of sulfonamides is 1. The van der Waals surface area contributed by atoms with E-state index in [0.717, 1.165) is 19.2 Å². The third-order valence-corrected chi connectivity index (χ3v) is 6.42. The fourth-order valence-corrected chi connectivity index (χ4v) is 4.27. The van der Waals surface area contributed by atoms with Crippen LogP contribution in [-0.4, -0.2) is 69.5 Å². The van der Waals surface area contributed by atoms with Crippen LogP contribution >= 0.6 is 24.0 Å². The number of hydrogen-bond acceptors (Lipinski definition) is 6. The van der Waals surface area contributed by atoms with Gasteiger partial charge in [-0.05, 0) is 25.8 Å². The van der Waals surface area contributed by atoms with Crippen LogP contribution in [0.2, 0.25) is 0 Å². The Morgan fingerprint density at radius 1 is 1.33 bits per heavy atom. The normalized spacial score (nSPS) is 20.1. The number of nitro benzene ring substituents is 1. The van der Waals surface area contributed by atoms with E-state index in [9.17, 15) is 18.5 Å². The Morgan fingerprint density at radius 3 is 2.60 bits per heavy atom. The van der Waals surface area contributed by atoms with Gasteiger partial charge in [-0.3, -0.25) is 20.0 Å². The average molecular weight is 554 g/mol. The van der Waals surface area contributed by atoms with Crippen LogP contribution in [0.1, 0.15) is 20.8 Å². The summed E-state index contributed by atoms with van der Waals surface area (Å²) in [7, 11) is -2.16. The zero-order chi connectivity index (χ0) is 21.6. The van der Waals surface area contributed by atoms with Gasteiger partial charge in [0.25, 0.3) is 5.69 Å². The third-order valence-electron chi connectivity index (χ3n) is 4.96. The van der Waals surface area contributed by atoms with E-state index in [-0.39, 0.29) is 47.1 Å². The number of nitrogens with one attached hydrogen (secondary N) is 3. The molecule has 1 heterocycles. The van der Waals surface area contributed by atoms with Gasteiger partial charge in [-0.15, -0.1) is 24.0 Å². The fraction of sp³-hybridized carbons (Fsp3) is 0.611. The molecular weight excluding hydrogens is 523 g/mol. The van der Waals surface area contributed by atoms with Gasteiger partial charge in [0.05, 0.1) is 9.82 Å². The predicted molar refractivity (Wildman–Crippen MR) is 128 cm³/mol. The molecule has 2 unspecified atom stereocenters. The molecule has 0 radical (unpaired) electrons. The molecule has 12 heteroatoms. The van der Waals surface area contributed by atoms with Gasteiger partial charge >= 0.3 is 0 Å². The molecule has 1 aliphatic heterocycles. The van der Waals surface area contributed by atoms with Gasteiger partial charge in [0.1, 0.15) is 0 Å². The Balaban J connectivity index is 0.00000450. The molecule has 0 aromatic heterocycles. The van der Waals surface area contributed by atoms with Gasteiger partial charge < -0.3 is 10.6 Å². The number of benzene rings is 1. The summed E-state index contributed by atoms with van der Waals surface area (Å²) < 4.78 is 27.1. The Bertz CT molecular complexity index is 849. The first-order chi connectivity index (χ1) is 13.6.